The number of aliphatic hydroxyl groups is 3. The first-order chi connectivity index (χ1) is 10.5. The zero-order chi connectivity index (χ0) is 15.9. The average molecular weight is 310 g/mol. The summed E-state index contributed by atoms with van der Waals surface area (Å²) in [6.07, 6.45) is -6.76. The molecule has 0 radical (unpaired) electrons. The second-order valence-corrected chi connectivity index (χ2v) is 4.94. The van der Waals surface area contributed by atoms with E-state index in [0.717, 1.165) is 0 Å². The number of aliphatic hydroxyl groups excluding tert-OH is 3. The SMILES string of the molecule is O=C(O)C1OC(Oc2cccc3occc23)C(O)C(O)C1O. The number of hydrogen-bond donors (Lipinski definition) is 4. The van der Waals surface area contributed by atoms with Gasteiger partial charge in [-0.25, -0.2) is 4.79 Å². The number of carbonyl (C=O) groups is 1. The van der Waals surface area contributed by atoms with Crippen molar-refractivity contribution >= 4 is 16.9 Å². The van der Waals surface area contributed by atoms with Gasteiger partial charge in [0.05, 0.1) is 11.6 Å². The van der Waals surface area contributed by atoms with Crippen molar-refractivity contribution in [2.45, 2.75) is 30.7 Å². The Balaban J connectivity index is 1.87. The zero-order valence-electron chi connectivity index (χ0n) is 11.2. The van der Waals surface area contributed by atoms with E-state index in [-0.39, 0.29) is 0 Å². The molecular weight excluding hydrogens is 296 g/mol. The summed E-state index contributed by atoms with van der Waals surface area (Å²) in [5, 5.41) is 38.9. The highest BCUT2D eigenvalue weighted by atomic mass is 16.7. The number of ether oxygens (including phenoxy) is 2. The van der Waals surface area contributed by atoms with Gasteiger partial charge in [0.1, 0.15) is 29.6 Å². The van der Waals surface area contributed by atoms with Crippen molar-refractivity contribution in [3.8, 4) is 5.75 Å². The van der Waals surface area contributed by atoms with Gasteiger partial charge in [0, 0.05) is 0 Å². The van der Waals surface area contributed by atoms with Gasteiger partial charge < -0.3 is 34.3 Å². The van der Waals surface area contributed by atoms with Gasteiger partial charge in [-0.15, -0.1) is 0 Å². The fourth-order valence-electron chi connectivity index (χ4n) is 2.34. The van der Waals surface area contributed by atoms with Crippen molar-refractivity contribution in [1.82, 2.24) is 0 Å². The maximum Gasteiger partial charge on any atom is 0.335 e. The molecule has 0 saturated carbocycles. The number of hydrogen-bond acceptors (Lipinski definition) is 7. The highest BCUT2D eigenvalue weighted by Gasteiger charge is 2.48. The largest absolute Gasteiger partial charge is 0.479 e. The summed E-state index contributed by atoms with van der Waals surface area (Å²) in [5.41, 5.74) is 0.540. The molecule has 0 bridgehead atoms. The van der Waals surface area contributed by atoms with Crippen LogP contribution in [0.25, 0.3) is 11.0 Å². The van der Waals surface area contributed by atoms with E-state index < -0.39 is 36.7 Å². The van der Waals surface area contributed by atoms with E-state index in [1.54, 1.807) is 24.3 Å². The van der Waals surface area contributed by atoms with Crippen LogP contribution in [0, 0.1) is 0 Å². The van der Waals surface area contributed by atoms with Gasteiger partial charge >= 0.3 is 5.97 Å². The summed E-state index contributed by atoms with van der Waals surface area (Å²) >= 11 is 0. The quantitative estimate of drug-likeness (QED) is 0.608. The van der Waals surface area contributed by atoms with Crippen molar-refractivity contribution in [2.24, 2.45) is 0 Å². The van der Waals surface area contributed by atoms with Crippen molar-refractivity contribution < 1.29 is 39.1 Å². The first-order valence-electron chi connectivity index (χ1n) is 6.54. The van der Waals surface area contributed by atoms with E-state index in [9.17, 15) is 20.1 Å². The number of carboxylic acids is 1. The van der Waals surface area contributed by atoms with E-state index in [0.29, 0.717) is 16.7 Å². The van der Waals surface area contributed by atoms with Gasteiger partial charge in [-0.2, -0.15) is 0 Å². The minimum atomic E-state index is -1.75. The van der Waals surface area contributed by atoms with Crippen LogP contribution in [0.2, 0.25) is 0 Å². The molecular formula is C14H14O8. The van der Waals surface area contributed by atoms with Crippen molar-refractivity contribution in [3.05, 3.63) is 30.5 Å². The molecule has 1 aromatic carbocycles. The lowest BCUT2D eigenvalue weighted by Gasteiger charge is -2.38. The first-order valence-corrected chi connectivity index (χ1v) is 6.54. The number of rotatable bonds is 3. The Labute approximate surface area is 124 Å². The van der Waals surface area contributed by atoms with Crippen LogP contribution in [0.1, 0.15) is 0 Å². The minimum absolute atomic E-state index is 0.294. The number of fused-ring (bicyclic) bond motifs is 1. The van der Waals surface area contributed by atoms with Gasteiger partial charge in [-0.3, -0.25) is 0 Å². The number of aliphatic carboxylic acids is 1. The van der Waals surface area contributed by atoms with Gasteiger partial charge in [0.25, 0.3) is 0 Å². The Morgan fingerprint density at radius 2 is 1.86 bits per heavy atom. The van der Waals surface area contributed by atoms with E-state index in [1.165, 1.54) is 6.26 Å². The second-order valence-electron chi connectivity index (χ2n) is 4.94. The Morgan fingerprint density at radius 3 is 2.59 bits per heavy atom. The Morgan fingerprint density at radius 1 is 1.09 bits per heavy atom. The molecule has 1 fully saturated rings. The normalized spacial score (nSPS) is 32.0. The highest BCUT2D eigenvalue weighted by molar-refractivity contribution is 5.83. The molecule has 0 aliphatic carbocycles. The van der Waals surface area contributed by atoms with Gasteiger partial charge in [0.2, 0.25) is 6.29 Å². The lowest BCUT2D eigenvalue weighted by molar-refractivity contribution is -0.270. The fraction of sp³-hybridized carbons (Fsp3) is 0.357. The van der Waals surface area contributed by atoms with Crippen molar-refractivity contribution in [3.63, 3.8) is 0 Å². The number of carboxylic acid groups (broad SMARTS) is 1. The van der Waals surface area contributed by atoms with Crippen molar-refractivity contribution in [2.75, 3.05) is 0 Å². The second kappa shape index (κ2) is 5.58. The molecule has 1 aliphatic rings. The molecule has 2 aromatic rings. The summed E-state index contributed by atoms with van der Waals surface area (Å²) in [4.78, 5) is 11.0. The molecule has 1 aromatic heterocycles. The molecule has 0 spiro atoms. The lowest BCUT2D eigenvalue weighted by atomic mass is 9.99. The standard InChI is InChI=1S/C14H14O8/c15-9-10(16)12(13(18)19)22-14(11(9)17)21-8-3-1-2-7-6(8)4-5-20-7/h1-5,9-12,14-17H,(H,18,19). The molecule has 118 valence electrons. The van der Waals surface area contributed by atoms with Crippen molar-refractivity contribution in [1.29, 1.82) is 0 Å². The molecule has 5 unspecified atom stereocenters. The number of furan rings is 1. The topological polar surface area (TPSA) is 130 Å². The minimum Gasteiger partial charge on any atom is -0.479 e. The molecule has 5 atom stereocenters. The summed E-state index contributed by atoms with van der Waals surface area (Å²) in [6.45, 7) is 0. The van der Waals surface area contributed by atoms with E-state index in [1.807, 2.05) is 0 Å². The maximum absolute atomic E-state index is 11.0. The third-order valence-electron chi connectivity index (χ3n) is 3.51. The Bertz CT molecular complexity index is 680. The van der Waals surface area contributed by atoms with Crippen LogP contribution < -0.4 is 4.74 Å². The van der Waals surface area contributed by atoms with Crippen LogP contribution in [0.3, 0.4) is 0 Å². The molecule has 8 nitrogen and oxygen atoms in total. The molecule has 8 heteroatoms. The average Bonchev–Trinajstić information content (AvgIpc) is 2.97. The summed E-state index contributed by atoms with van der Waals surface area (Å²) in [5.74, 6) is -1.17. The number of benzene rings is 1. The van der Waals surface area contributed by atoms with Crippen LogP contribution in [-0.4, -0.2) is 57.1 Å². The van der Waals surface area contributed by atoms with E-state index in [4.69, 9.17) is 19.0 Å². The molecule has 1 saturated heterocycles. The molecule has 0 amide bonds. The van der Waals surface area contributed by atoms with Crippen LogP contribution in [0.15, 0.2) is 34.9 Å². The van der Waals surface area contributed by atoms with Crippen LogP contribution in [-0.2, 0) is 9.53 Å². The molecule has 4 N–H and O–H groups in total. The first kappa shape index (κ1) is 14.8. The predicted molar refractivity (Wildman–Crippen MR) is 71.2 cm³/mol. The fourth-order valence-corrected chi connectivity index (χ4v) is 2.34. The van der Waals surface area contributed by atoms with Crippen LogP contribution >= 0.6 is 0 Å². The molecule has 2 heterocycles. The van der Waals surface area contributed by atoms with Gasteiger partial charge in [0.15, 0.2) is 6.10 Å². The third-order valence-corrected chi connectivity index (χ3v) is 3.51. The monoisotopic (exact) mass is 310 g/mol. The molecule has 1 aliphatic heterocycles. The summed E-state index contributed by atoms with van der Waals surface area (Å²) < 4.78 is 15.7. The van der Waals surface area contributed by atoms with Gasteiger partial charge in [-0.1, -0.05) is 6.07 Å². The van der Waals surface area contributed by atoms with E-state index in [2.05, 4.69) is 0 Å². The Hall–Kier alpha value is -2.13. The smallest absolute Gasteiger partial charge is 0.335 e. The van der Waals surface area contributed by atoms with E-state index >= 15 is 0 Å². The van der Waals surface area contributed by atoms with Gasteiger partial charge in [-0.05, 0) is 18.2 Å². The molecule has 22 heavy (non-hydrogen) atoms. The van der Waals surface area contributed by atoms with Crippen LogP contribution in [0.4, 0.5) is 0 Å². The maximum atomic E-state index is 11.0. The predicted octanol–water partition coefficient (Wildman–Crippen LogP) is -0.296. The summed E-state index contributed by atoms with van der Waals surface area (Å²) in [6, 6.07) is 6.58. The summed E-state index contributed by atoms with van der Waals surface area (Å²) in [7, 11) is 0. The highest BCUT2D eigenvalue weighted by Crippen LogP contribution is 2.30. The zero-order valence-corrected chi connectivity index (χ0v) is 11.2. The lowest BCUT2D eigenvalue weighted by Crippen LogP contribution is -2.61. The van der Waals surface area contributed by atoms with Crippen LogP contribution in [0.5, 0.6) is 5.75 Å². The third kappa shape index (κ3) is 2.42. The Kier molecular flexibility index (Phi) is 3.75. The molecule has 3 rings (SSSR count).